The van der Waals surface area contributed by atoms with Crippen molar-refractivity contribution >= 4 is 0 Å². The van der Waals surface area contributed by atoms with Crippen molar-refractivity contribution in [3.05, 3.63) is 35.4 Å². The van der Waals surface area contributed by atoms with Gasteiger partial charge in [0.15, 0.2) is 0 Å². The molecule has 0 aliphatic carbocycles. The Bertz CT molecular complexity index is 320. The maximum Gasteiger partial charge on any atom is 0.0434 e. The molecule has 0 aromatic heterocycles. The highest BCUT2D eigenvalue weighted by atomic mass is 16.3. The Balaban J connectivity index is 2.53. The molecular weight excluding hydrogens is 222 g/mol. The Morgan fingerprint density at radius 2 is 1.83 bits per heavy atom. The highest BCUT2D eigenvalue weighted by molar-refractivity contribution is 5.25. The maximum absolute atomic E-state index is 8.91. The van der Waals surface area contributed by atoms with Crippen LogP contribution in [0.1, 0.15) is 50.8 Å². The van der Waals surface area contributed by atoms with Crippen molar-refractivity contribution in [3.63, 3.8) is 0 Å². The molecule has 0 bridgehead atoms. The number of rotatable bonds is 8. The summed E-state index contributed by atoms with van der Waals surface area (Å²) >= 11 is 0. The summed E-state index contributed by atoms with van der Waals surface area (Å²) in [5.41, 5.74) is 2.76. The number of hydrogen-bond donors (Lipinski definition) is 2. The van der Waals surface area contributed by atoms with Crippen molar-refractivity contribution in [1.29, 1.82) is 0 Å². The van der Waals surface area contributed by atoms with E-state index < -0.39 is 0 Å². The van der Waals surface area contributed by atoms with Crippen LogP contribution in [0.2, 0.25) is 0 Å². The van der Waals surface area contributed by atoms with Gasteiger partial charge < -0.3 is 10.4 Å². The van der Waals surface area contributed by atoms with Gasteiger partial charge in [0, 0.05) is 12.6 Å². The van der Waals surface area contributed by atoms with Crippen molar-refractivity contribution in [2.75, 3.05) is 13.2 Å². The lowest BCUT2D eigenvalue weighted by Crippen LogP contribution is -2.26. The summed E-state index contributed by atoms with van der Waals surface area (Å²) in [6.07, 6.45) is 3.06. The van der Waals surface area contributed by atoms with Gasteiger partial charge in [-0.1, -0.05) is 45.0 Å². The van der Waals surface area contributed by atoms with Gasteiger partial charge in [0.1, 0.15) is 0 Å². The van der Waals surface area contributed by atoms with Gasteiger partial charge in [-0.3, -0.25) is 0 Å². The lowest BCUT2D eigenvalue weighted by atomic mass is 10.0. The Morgan fingerprint density at radius 3 is 2.33 bits per heavy atom. The van der Waals surface area contributed by atoms with E-state index in [1.54, 1.807) is 0 Å². The van der Waals surface area contributed by atoms with Crippen molar-refractivity contribution in [2.24, 2.45) is 5.92 Å². The smallest absolute Gasteiger partial charge is 0.0434 e. The third-order valence-electron chi connectivity index (χ3n) is 3.53. The first-order chi connectivity index (χ1) is 8.71. The fraction of sp³-hybridized carbons (Fsp3) is 0.625. The molecule has 2 N–H and O–H groups in total. The van der Waals surface area contributed by atoms with E-state index in [4.69, 9.17) is 5.11 Å². The summed E-state index contributed by atoms with van der Waals surface area (Å²) in [6, 6.07) is 9.33. The molecule has 0 aliphatic heterocycles. The average Bonchev–Trinajstić information content (AvgIpc) is 2.40. The van der Waals surface area contributed by atoms with E-state index in [9.17, 15) is 0 Å². The van der Waals surface area contributed by atoms with Crippen molar-refractivity contribution in [3.8, 4) is 0 Å². The molecule has 1 aromatic carbocycles. The molecule has 18 heavy (non-hydrogen) atoms. The van der Waals surface area contributed by atoms with Crippen molar-refractivity contribution < 1.29 is 5.11 Å². The topological polar surface area (TPSA) is 32.3 Å². The van der Waals surface area contributed by atoms with Crippen molar-refractivity contribution in [2.45, 2.75) is 46.1 Å². The molecule has 0 heterocycles. The fourth-order valence-electron chi connectivity index (χ4n) is 2.15. The second kappa shape index (κ2) is 8.28. The zero-order chi connectivity index (χ0) is 13.4. The second-order valence-electron chi connectivity index (χ2n) is 5.08. The fourth-order valence-corrected chi connectivity index (χ4v) is 2.15. The summed E-state index contributed by atoms with van der Waals surface area (Å²) in [5, 5.41) is 12.5. The predicted molar refractivity (Wildman–Crippen MR) is 77.7 cm³/mol. The van der Waals surface area contributed by atoms with E-state index in [1.165, 1.54) is 11.1 Å². The van der Waals surface area contributed by atoms with Crippen LogP contribution in [-0.2, 0) is 6.42 Å². The molecule has 2 nitrogen and oxygen atoms in total. The van der Waals surface area contributed by atoms with Crippen LogP contribution in [0, 0.1) is 5.92 Å². The minimum Gasteiger partial charge on any atom is -0.396 e. The van der Waals surface area contributed by atoms with Gasteiger partial charge in [-0.15, -0.1) is 0 Å². The molecule has 2 heteroatoms. The first-order valence-electron chi connectivity index (χ1n) is 7.14. The monoisotopic (exact) mass is 249 g/mol. The van der Waals surface area contributed by atoms with Gasteiger partial charge in [-0.05, 0) is 42.9 Å². The normalized spacial score (nSPS) is 14.4. The van der Waals surface area contributed by atoms with Crippen molar-refractivity contribution in [1.82, 2.24) is 5.32 Å². The summed E-state index contributed by atoms with van der Waals surface area (Å²) < 4.78 is 0. The molecule has 0 radical (unpaired) electrons. The number of aliphatic hydroxyl groups is 1. The van der Waals surface area contributed by atoms with E-state index in [-0.39, 0.29) is 6.61 Å². The Labute approximate surface area is 111 Å². The first kappa shape index (κ1) is 15.2. The van der Waals surface area contributed by atoms with Crippen LogP contribution in [0.4, 0.5) is 0 Å². The van der Waals surface area contributed by atoms with E-state index in [0.717, 1.165) is 25.8 Å². The zero-order valence-corrected chi connectivity index (χ0v) is 11.9. The second-order valence-corrected chi connectivity index (χ2v) is 5.08. The van der Waals surface area contributed by atoms with Gasteiger partial charge in [-0.2, -0.15) is 0 Å². The Morgan fingerprint density at radius 1 is 1.17 bits per heavy atom. The van der Waals surface area contributed by atoms with Crippen LogP contribution in [0.3, 0.4) is 0 Å². The van der Waals surface area contributed by atoms with Gasteiger partial charge in [0.25, 0.3) is 0 Å². The van der Waals surface area contributed by atoms with Gasteiger partial charge in [0.2, 0.25) is 0 Å². The van der Waals surface area contributed by atoms with Gasteiger partial charge >= 0.3 is 0 Å². The molecule has 0 spiro atoms. The van der Waals surface area contributed by atoms with E-state index in [2.05, 4.69) is 50.4 Å². The van der Waals surface area contributed by atoms with E-state index >= 15 is 0 Å². The summed E-state index contributed by atoms with van der Waals surface area (Å²) in [4.78, 5) is 0. The van der Waals surface area contributed by atoms with Gasteiger partial charge in [-0.25, -0.2) is 0 Å². The third-order valence-corrected chi connectivity index (χ3v) is 3.53. The molecule has 2 atom stereocenters. The summed E-state index contributed by atoms with van der Waals surface area (Å²) in [7, 11) is 0. The zero-order valence-electron chi connectivity index (χ0n) is 11.9. The van der Waals surface area contributed by atoms with Crippen LogP contribution in [0.5, 0.6) is 0 Å². The lowest BCUT2D eigenvalue weighted by Gasteiger charge is -2.20. The standard InChI is InChI=1S/C16H27NO/c1-4-14-6-8-15(9-7-14)16(5-2)17-12-13(3)10-11-18/h6-9,13,16-18H,4-5,10-12H2,1-3H3. The summed E-state index contributed by atoms with van der Waals surface area (Å²) in [6.45, 7) is 7.82. The quantitative estimate of drug-likeness (QED) is 0.741. The molecule has 1 rings (SSSR count). The van der Waals surface area contributed by atoms with Crippen LogP contribution in [0.15, 0.2) is 24.3 Å². The van der Waals surface area contributed by atoms with Gasteiger partial charge in [0.05, 0.1) is 0 Å². The molecule has 0 saturated carbocycles. The SMILES string of the molecule is CCc1ccc(C(CC)NCC(C)CCO)cc1. The number of aryl methyl sites for hydroxylation is 1. The average molecular weight is 249 g/mol. The molecule has 0 saturated heterocycles. The van der Waals surface area contributed by atoms with Crippen LogP contribution in [-0.4, -0.2) is 18.3 Å². The maximum atomic E-state index is 8.91. The predicted octanol–water partition coefficient (Wildman–Crippen LogP) is 3.31. The lowest BCUT2D eigenvalue weighted by molar-refractivity contribution is 0.257. The third kappa shape index (κ3) is 4.79. The summed E-state index contributed by atoms with van der Waals surface area (Å²) in [5.74, 6) is 0.527. The van der Waals surface area contributed by atoms with Crippen LogP contribution >= 0.6 is 0 Å². The number of aliphatic hydroxyl groups excluding tert-OH is 1. The molecule has 0 aliphatic rings. The first-order valence-corrected chi connectivity index (χ1v) is 7.14. The molecule has 2 unspecified atom stereocenters. The van der Waals surface area contributed by atoms with Crippen LogP contribution < -0.4 is 5.32 Å². The molecule has 0 amide bonds. The Kier molecular flexibility index (Phi) is 6.99. The number of hydrogen-bond acceptors (Lipinski definition) is 2. The minimum atomic E-state index is 0.283. The highest BCUT2D eigenvalue weighted by Gasteiger charge is 2.10. The highest BCUT2D eigenvalue weighted by Crippen LogP contribution is 2.18. The number of benzene rings is 1. The molecule has 0 fully saturated rings. The van der Waals surface area contributed by atoms with E-state index in [0.29, 0.717) is 12.0 Å². The number of nitrogens with one attached hydrogen (secondary N) is 1. The molecule has 102 valence electrons. The minimum absolute atomic E-state index is 0.283. The van der Waals surface area contributed by atoms with E-state index in [1.807, 2.05) is 0 Å². The largest absolute Gasteiger partial charge is 0.396 e. The molecule has 1 aromatic rings. The van der Waals surface area contributed by atoms with Crippen LogP contribution in [0.25, 0.3) is 0 Å². The molecular formula is C16H27NO. The Hall–Kier alpha value is -0.860.